The summed E-state index contributed by atoms with van der Waals surface area (Å²) in [7, 11) is 0. The van der Waals surface area contributed by atoms with E-state index in [2.05, 4.69) is 27.9 Å². The van der Waals surface area contributed by atoms with E-state index in [0.29, 0.717) is 0 Å². The number of amides is 1. The number of halogens is 1. The van der Waals surface area contributed by atoms with Gasteiger partial charge in [-0.1, -0.05) is 26.8 Å². The number of anilines is 1. The van der Waals surface area contributed by atoms with Crippen molar-refractivity contribution >= 4 is 34.2 Å². The lowest BCUT2D eigenvalue weighted by Crippen LogP contribution is -2.27. The highest BCUT2D eigenvalue weighted by atomic mass is 127. The zero-order valence-electron chi connectivity index (χ0n) is 8.60. The average molecular weight is 303 g/mol. The summed E-state index contributed by atoms with van der Waals surface area (Å²) in [6.07, 6.45) is 0. The lowest BCUT2D eigenvalue weighted by atomic mass is 9.95. The van der Waals surface area contributed by atoms with Gasteiger partial charge < -0.3 is 5.32 Å². The maximum atomic E-state index is 11.6. The highest BCUT2D eigenvalue weighted by Gasteiger charge is 2.20. The molecule has 0 saturated carbocycles. The number of benzene rings is 1. The van der Waals surface area contributed by atoms with E-state index in [0.717, 1.165) is 9.26 Å². The fourth-order valence-electron chi connectivity index (χ4n) is 0.885. The third-order valence-corrected chi connectivity index (χ3v) is 2.43. The SMILES string of the molecule is CC(C)(C)C(=O)Nc1cccc(I)c1. The molecule has 1 aromatic rings. The van der Waals surface area contributed by atoms with Crippen LogP contribution in [0.1, 0.15) is 20.8 Å². The number of hydrogen-bond acceptors (Lipinski definition) is 1. The van der Waals surface area contributed by atoms with Crippen molar-refractivity contribution in [2.24, 2.45) is 5.41 Å². The van der Waals surface area contributed by atoms with Crippen LogP contribution in [0.2, 0.25) is 0 Å². The maximum Gasteiger partial charge on any atom is 0.229 e. The molecule has 0 atom stereocenters. The number of hydrogen-bond donors (Lipinski definition) is 1. The minimum Gasteiger partial charge on any atom is -0.326 e. The standard InChI is InChI=1S/C11H14INO/c1-11(2,3)10(14)13-9-6-4-5-8(12)7-9/h4-7H,1-3H3,(H,13,14). The van der Waals surface area contributed by atoms with E-state index >= 15 is 0 Å². The molecule has 0 aromatic heterocycles. The molecule has 0 aliphatic heterocycles. The van der Waals surface area contributed by atoms with Crippen LogP contribution in [0.4, 0.5) is 5.69 Å². The first-order chi connectivity index (χ1) is 6.39. The lowest BCUT2D eigenvalue weighted by molar-refractivity contribution is -0.123. The topological polar surface area (TPSA) is 29.1 Å². The summed E-state index contributed by atoms with van der Waals surface area (Å²) in [5, 5.41) is 2.88. The normalized spacial score (nSPS) is 11.1. The molecule has 14 heavy (non-hydrogen) atoms. The molecule has 1 rings (SSSR count). The minimum absolute atomic E-state index is 0.0412. The Morgan fingerprint density at radius 2 is 2.00 bits per heavy atom. The first-order valence-electron chi connectivity index (χ1n) is 4.46. The molecule has 1 aromatic carbocycles. The minimum atomic E-state index is -0.346. The first-order valence-corrected chi connectivity index (χ1v) is 5.54. The summed E-state index contributed by atoms with van der Waals surface area (Å²) < 4.78 is 1.12. The van der Waals surface area contributed by atoms with Gasteiger partial charge >= 0.3 is 0 Å². The van der Waals surface area contributed by atoms with Crippen molar-refractivity contribution in [1.29, 1.82) is 0 Å². The molecule has 3 heteroatoms. The summed E-state index contributed by atoms with van der Waals surface area (Å²) in [5.41, 5.74) is 0.512. The summed E-state index contributed by atoms with van der Waals surface area (Å²) in [6, 6.07) is 7.77. The second kappa shape index (κ2) is 4.29. The van der Waals surface area contributed by atoms with Crippen molar-refractivity contribution in [1.82, 2.24) is 0 Å². The zero-order valence-corrected chi connectivity index (χ0v) is 10.8. The van der Waals surface area contributed by atoms with Crippen LogP contribution in [0.25, 0.3) is 0 Å². The Morgan fingerprint density at radius 3 is 2.50 bits per heavy atom. The molecule has 76 valence electrons. The summed E-state index contributed by atoms with van der Waals surface area (Å²) in [5.74, 6) is 0.0412. The molecule has 0 bridgehead atoms. The largest absolute Gasteiger partial charge is 0.326 e. The van der Waals surface area contributed by atoms with Gasteiger partial charge in [-0.25, -0.2) is 0 Å². The van der Waals surface area contributed by atoms with Gasteiger partial charge in [0.2, 0.25) is 5.91 Å². The quantitative estimate of drug-likeness (QED) is 0.793. The van der Waals surface area contributed by atoms with Crippen molar-refractivity contribution < 1.29 is 4.79 Å². The van der Waals surface area contributed by atoms with E-state index in [1.165, 1.54) is 0 Å². The van der Waals surface area contributed by atoms with E-state index < -0.39 is 0 Å². The van der Waals surface area contributed by atoms with Gasteiger partial charge in [0.05, 0.1) is 0 Å². The molecule has 0 fully saturated rings. The molecule has 1 amide bonds. The Hall–Kier alpha value is -0.580. The van der Waals surface area contributed by atoms with Crippen molar-refractivity contribution in [2.45, 2.75) is 20.8 Å². The number of nitrogens with one attached hydrogen (secondary N) is 1. The summed E-state index contributed by atoms with van der Waals surface area (Å²) >= 11 is 2.22. The Kier molecular flexibility index (Phi) is 3.53. The number of rotatable bonds is 1. The van der Waals surface area contributed by atoms with Crippen LogP contribution in [-0.4, -0.2) is 5.91 Å². The van der Waals surface area contributed by atoms with Crippen LogP contribution in [0.15, 0.2) is 24.3 Å². The van der Waals surface area contributed by atoms with Crippen molar-refractivity contribution in [3.05, 3.63) is 27.8 Å². The van der Waals surface area contributed by atoms with Gasteiger partial charge in [0.15, 0.2) is 0 Å². The second-order valence-electron chi connectivity index (χ2n) is 4.21. The first kappa shape index (κ1) is 11.5. The molecule has 0 aliphatic carbocycles. The van der Waals surface area contributed by atoms with Crippen molar-refractivity contribution in [3.8, 4) is 0 Å². The molecular formula is C11H14INO. The molecule has 2 nitrogen and oxygen atoms in total. The molecule has 0 radical (unpaired) electrons. The predicted octanol–water partition coefficient (Wildman–Crippen LogP) is 3.28. The highest BCUT2D eigenvalue weighted by Crippen LogP contribution is 2.18. The van der Waals surface area contributed by atoms with Gasteiger partial charge in [0.25, 0.3) is 0 Å². The van der Waals surface area contributed by atoms with Crippen LogP contribution in [-0.2, 0) is 4.79 Å². The Morgan fingerprint density at radius 1 is 1.36 bits per heavy atom. The molecule has 1 N–H and O–H groups in total. The summed E-state index contributed by atoms with van der Waals surface area (Å²) in [6.45, 7) is 5.70. The molecule has 0 heterocycles. The van der Waals surface area contributed by atoms with Gasteiger partial charge in [0.1, 0.15) is 0 Å². The fraction of sp³-hybridized carbons (Fsp3) is 0.364. The number of carbonyl (C=O) groups excluding carboxylic acids is 1. The number of carbonyl (C=O) groups is 1. The highest BCUT2D eigenvalue weighted by molar-refractivity contribution is 14.1. The fourth-order valence-corrected chi connectivity index (χ4v) is 1.43. The monoisotopic (exact) mass is 303 g/mol. The Bertz CT molecular complexity index is 341. The van der Waals surface area contributed by atoms with E-state index in [1.54, 1.807) is 0 Å². The van der Waals surface area contributed by atoms with E-state index in [1.807, 2.05) is 45.0 Å². The van der Waals surface area contributed by atoms with E-state index in [-0.39, 0.29) is 11.3 Å². The summed E-state index contributed by atoms with van der Waals surface area (Å²) in [4.78, 5) is 11.6. The van der Waals surface area contributed by atoms with E-state index in [9.17, 15) is 4.79 Å². The Labute approximate surface area is 98.2 Å². The van der Waals surface area contributed by atoms with Crippen molar-refractivity contribution in [2.75, 3.05) is 5.32 Å². The molecular weight excluding hydrogens is 289 g/mol. The second-order valence-corrected chi connectivity index (χ2v) is 5.46. The van der Waals surface area contributed by atoms with Gasteiger partial charge in [-0.05, 0) is 40.8 Å². The van der Waals surface area contributed by atoms with Gasteiger partial charge in [-0.15, -0.1) is 0 Å². The third-order valence-electron chi connectivity index (χ3n) is 1.76. The average Bonchev–Trinajstić information content (AvgIpc) is 2.02. The lowest BCUT2D eigenvalue weighted by Gasteiger charge is -2.17. The Balaban J connectivity index is 2.75. The van der Waals surface area contributed by atoms with Gasteiger partial charge in [-0.3, -0.25) is 4.79 Å². The van der Waals surface area contributed by atoms with Crippen LogP contribution >= 0.6 is 22.6 Å². The molecule has 0 aliphatic rings. The van der Waals surface area contributed by atoms with E-state index in [4.69, 9.17) is 0 Å². The third kappa shape index (κ3) is 3.29. The van der Waals surface area contributed by atoms with Crippen LogP contribution < -0.4 is 5.32 Å². The molecule has 0 unspecified atom stereocenters. The molecule has 0 saturated heterocycles. The van der Waals surface area contributed by atoms with Crippen LogP contribution in [0.5, 0.6) is 0 Å². The predicted molar refractivity (Wildman–Crippen MR) is 67.2 cm³/mol. The van der Waals surface area contributed by atoms with Crippen molar-refractivity contribution in [3.63, 3.8) is 0 Å². The van der Waals surface area contributed by atoms with Gasteiger partial charge in [0, 0.05) is 14.7 Å². The molecule has 0 spiro atoms. The van der Waals surface area contributed by atoms with Crippen LogP contribution in [0, 0.1) is 8.99 Å². The zero-order chi connectivity index (χ0) is 10.8. The van der Waals surface area contributed by atoms with Crippen LogP contribution in [0.3, 0.4) is 0 Å². The smallest absolute Gasteiger partial charge is 0.229 e. The maximum absolute atomic E-state index is 11.6. The van der Waals surface area contributed by atoms with Gasteiger partial charge in [-0.2, -0.15) is 0 Å².